The Morgan fingerprint density at radius 2 is 1.56 bits per heavy atom. The minimum absolute atomic E-state index is 0.258. The van der Waals surface area contributed by atoms with E-state index in [0.29, 0.717) is 12.6 Å². The zero-order valence-corrected chi connectivity index (χ0v) is 12.5. The fraction of sp³-hybridized carbons (Fsp3) is 1.00. The van der Waals surface area contributed by atoms with Crippen LogP contribution < -0.4 is 5.32 Å². The van der Waals surface area contributed by atoms with Crippen LogP contribution in [0.5, 0.6) is 0 Å². The predicted molar refractivity (Wildman–Crippen MR) is 78.8 cm³/mol. The minimum Gasteiger partial charge on any atom is -0.396 e. The highest BCUT2D eigenvalue weighted by molar-refractivity contribution is 4.94. The molecule has 0 aromatic rings. The Bertz CT molecular complexity index is 191. The number of unbranched alkanes of at least 4 members (excludes halogenated alkanes) is 4. The van der Waals surface area contributed by atoms with Crippen LogP contribution in [0, 0.1) is 5.41 Å². The molecule has 0 unspecified atom stereocenters. The molecule has 108 valence electrons. The van der Waals surface area contributed by atoms with Crippen molar-refractivity contribution in [1.29, 1.82) is 0 Å². The maximum atomic E-state index is 9.36. The summed E-state index contributed by atoms with van der Waals surface area (Å²) in [5.41, 5.74) is 0.258. The van der Waals surface area contributed by atoms with Gasteiger partial charge < -0.3 is 10.4 Å². The van der Waals surface area contributed by atoms with Crippen molar-refractivity contribution >= 4 is 0 Å². The Morgan fingerprint density at radius 1 is 1.00 bits per heavy atom. The maximum absolute atomic E-state index is 9.36. The predicted octanol–water partition coefficient (Wildman–Crippen LogP) is 3.88. The molecule has 2 nitrogen and oxygen atoms in total. The van der Waals surface area contributed by atoms with Gasteiger partial charge in [0.1, 0.15) is 0 Å². The molecule has 0 aromatic heterocycles. The summed E-state index contributed by atoms with van der Waals surface area (Å²) in [7, 11) is 0. The smallest absolute Gasteiger partial charge is 0.0499 e. The molecule has 1 aliphatic carbocycles. The summed E-state index contributed by atoms with van der Waals surface area (Å²) in [6.07, 6.45) is 13.1. The largest absolute Gasteiger partial charge is 0.396 e. The van der Waals surface area contributed by atoms with Crippen LogP contribution >= 0.6 is 0 Å². The van der Waals surface area contributed by atoms with Crippen molar-refractivity contribution in [3.8, 4) is 0 Å². The van der Waals surface area contributed by atoms with Crippen molar-refractivity contribution in [1.82, 2.24) is 5.32 Å². The lowest BCUT2D eigenvalue weighted by molar-refractivity contribution is 0.201. The van der Waals surface area contributed by atoms with E-state index in [1.54, 1.807) is 0 Å². The molecular weight excluding hydrogens is 222 g/mol. The Hall–Kier alpha value is -0.0800. The molecule has 1 fully saturated rings. The number of aliphatic hydroxyl groups is 1. The summed E-state index contributed by atoms with van der Waals surface area (Å²) in [4.78, 5) is 0. The van der Waals surface area contributed by atoms with Gasteiger partial charge in [-0.3, -0.25) is 0 Å². The van der Waals surface area contributed by atoms with E-state index in [1.165, 1.54) is 64.2 Å². The average Bonchev–Trinajstić information content (AvgIpc) is 3.16. The first-order chi connectivity index (χ1) is 8.76. The number of aliphatic hydroxyl groups excluding tert-OH is 1. The van der Waals surface area contributed by atoms with Crippen molar-refractivity contribution < 1.29 is 5.11 Å². The molecule has 0 bridgehead atoms. The molecule has 2 N–H and O–H groups in total. The van der Waals surface area contributed by atoms with Crippen molar-refractivity contribution in [3.05, 3.63) is 0 Å². The van der Waals surface area contributed by atoms with Crippen LogP contribution in [0.25, 0.3) is 0 Å². The van der Waals surface area contributed by atoms with Gasteiger partial charge in [0.2, 0.25) is 0 Å². The number of hydrogen-bond acceptors (Lipinski definition) is 2. The molecule has 0 atom stereocenters. The molecule has 0 radical (unpaired) electrons. The van der Waals surface area contributed by atoms with Gasteiger partial charge in [-0.25, -0.2) is 0 Å². The van der Waals surface area contributed by atoms with Gasteiger partial charge in [-0.05, 0) is 25.7 Å². The molecule has 0 amide bonds. The summed E-state index contributed by atoms with van der Waals surface area (Å²) in [6.45, 7) is 5.94. The molecule has 0 aromatic carbocycles. The van der Waals surface area contributed by atoms with E-state index in [-0.39, 0.29) is 5.41 Å². The lowest BCUT2D eigenvalue weighted by Crippen LogP contribution is -2.35. The summed E-state index contributed by atoms with van der Waals surface area (Å²) < 4.78 is 0. The lowest BCUT2D eigenvalue weighted by Gasteiger charge is -2.22. The number of rotatable bonds is 12. The van der Waals surface area contributed by atoms with Gasteiger partial charge in [-0.1, -0.05) is 52.4 Å². The van der Waals surface area contributed by atoms with Crippen molar-refractivity contribution in [2.24, 2.45) is 5.41 Å². The summed E-state index contributed by atoms with van der Waals surface area (Å²) in [5.74, 6) is 0. The second-order valence-electron chi connectivity index (χ2n) is 6.23. The van der Waals surface area contributed by atoms with Gasteiger partial charge in [0.15, 0.2) is 0 Å². The van der Waals surface area contributed by atoms with Gasteiger partial charge >= 0.3 is 0 Å². The molecule has 0 spiro atoms. The molecule has 0 saturated heterocycles. The standard InChI is InChI=1S/C16H33NO/c1-3-5-7-9-15(10-8-6-4-2)17-13-16(14-18)11-12-16/h15,17-18H,3-14H2,1-2H3. The topological polar surface area (TPSA) is 32.3 Å². The Labute approximate surface area is 114 Å². The van der Waals surface area contributed by atoms with E-state index in [0.717, 1.165) is 6.54 Å². The zero-order chi connectivity index (χ0) is 13.3. The van der Waals surface area contributed by atoms with Gasteiger partial charge in [0.05, 0.1) is 0 Å². The highest BCUT2D eigenvalue weighted by atomic mass is 16.3. The molecule has 1 aliphatic rings. The Morgan fingerprint density at radius 3 is 1.94 bits per heavy atom. The van der Waals surface area contributed by atoms with Crippen LogP contribution in [-0.4, -0.2) is 24.3 Å². The van der Waals surface area contributed by atoms with Crippen molar-refractivity contribution in [2.75, 3.05) is 13.2 Å². The lowest BCUT2D eigenvalue weighted by atomic mass is 10.0. The molecular formula is C16H33NO. The normalized spacial score (nSPS) is 17.3. The van der Waals surface area contributed by atoms with Gasteiger partial charge in [-0.2, -0.15) is 0 Å². The van der Waals surface area contributed by atoms with Gasteiger partial charge in [-0.15, -0.1) is 0 Å². The van der Waals surface area contributed by atoms with Crippen LogP contribution in [0.4, 0.5) is 0 Å². The van der Waals surface area contributed by atoms with Crippen LogP contribution in [0.15, 0.2) is 0 Å². The van der Waals surface area contributed by atoms with Crippen LogP contribution in [0.1, 0.15) is 78.1 Å². The first kappa shape index (κ1) is 16.0. The van der Waals surface area contributed by atoms with Crippen molar-refractivity contribution in [2.45, 2.75) is 84.1 Å². The van der Waals surface area contributed by atoms with E-state index in [2.05, 4.69) is 19.2 Å². The third-order valence-electron chi connectivity index (χ3n) is 4.37. The van der Waals surface area contributed by atoms with E-state index >= 15 is 0 Å². The second kappa shape index (κ2) is 8.92. The third-order valence-corrected chi connectivity index (χ3v) is 4.37. The SMILES string of the molecule is CCCCCC(CCCCC)NCC1(CO)CC1. The first-order valence-electron chi connectivity index (χ1n) is 8.10. The van der Waals surface area contributed by atoms with Crippen LogP contribution in [0.3, 0.4) is 0 Å². The van der Waals surface area contributed by atoms with E-state index in [9.17, 15) is 5.11 Å². The van der Waals surface area contributed by atoms with Crippen LogP contribution in [-0.2, 0) is 0 Å². The quantitative estimate of drug-likeness (QED) is 0.519. The molecule has 18 heavy (non-hydrogen) atoms. The number of hydrogen-bond donors (Lipinski definition) is 2. The van der Waals surface area contributed by atoms with E-state index < -0.39 is 0 Å². The molecule has 0 heterocycles. The minimum atomic E-state index is 0.258. The highest BCUT2D eigenvalue weighted by Gasteiger charge is 2.41. The number of nitrogens with one attached hydrogen (secondary N) is 1. The Balaban J connectivity index is 2.19. The Kier molecular flexibility index (Phi) is 7.92. The summed E-state index contributed by atoms with van der Waals surface area (Å²) >= 11 is 0. The molecule has 0 aliphatic heterocycles. The second-order valence-corrected chi connectivity index (χ2v) is 6.23. The molecule has 1 saturated carbocycles. The van der Waals surface area contributed by atoms with Crippen LogP contribution in [0.2, 0.25) is 0 Å². The van der Waals surface area contributed by atoms with Crippen molar-refractivity contribution in [3.63, 3.8) is 0 Å². The highest BCUT2D eigenvalue weighted by Crippen LogP contribution is 2.44. The van der Waals surface area contributed by atoms with E-state index in [4.69, 9.17) is 0 Å². The average molecular weight is 255 g/mol. The maximum Gasteiger partial charge on any atom is 0.0499 e. The first-order valence-corrected chi connectivity index (χ1v) is 8.10. The van der Waals surface area contributed by atoms with Gasteiger partial charge in [0, 0.05) is 24.6 Å². The molecule has 2 heteroatoms. The summed E-state index contributed by atoms with van der Waals surface area (Å²) in [6, 6.07) is 0.687. The monoisotopic (exact) mass is 255 g/mol. The molecule has 1 rings (SSSR count). The fourth-order valence-corrected chi connectivity index (χ4v) is 2.56. The zero-order valence-electron chi connectivity index (χ0n) is 12.5. The van der Waals surface area contributed by atoms with Gasteiger partial charge in [0.25, 0.3) is 0 Å². The van der Waals surface area contributed by atoms with E-state index in [1.807, 2.05) is 0 Å². The summed E-state index contributed by atoms with van der Waals surface area (Å²) in [5, 5.41) is 13.1. The third kappa shape index (κ3) is 6.19. The fourth-order valence-electron chi connectivity index (χ4n) is 2.56.